The summed E-state index contributed by atoms with van der Waals surface area (Å²) < 4.78 is 5.21. The number of likely N-dealkylation sites (tertiary alicyclic amines) is 1. The topological polar surface area (TPSA) is 24.5 Å². The normalized spacial score (nSPS) is 29.2. The van der Waals surface area contributed by atoms with Gasteiger partial charge >= 0.3 is 0 Å². The Morgan fingerprint density at radius 2 is 1.78 bits per heavy atom. The largest absolute Gasteiger partial charge is 0.497 e. The van der Waals surface area contributed by atoms with E-state index in [0.29, 0.717) is 6.04 Å². The fraction of sp³-hybridized carbons (Fsp3) is 0.600. The smallest absolute Gasteiger partial charge is 0.118 e. The Hall–Kier alpha value is -1.06. The van der Waals surface area contributed by atoms with Crippen molar-refractivity contribution >= 4 is 0 Å². The van der Waals surface area contributed by atoms with Crippen LogP contribution in [-0.4, -0.2) is 38.2 Å². The summed E-state index contributed by atoms with van der Waals surface area (Å²) in [6.45, 7) is 7.21. The molecule has 2 heterocycles. The van der Waals surface area contributed by atoms with Gasteiger partial charge in [0.15, 0.2) is 0 Å². The number of hydrogen-bond donors (Lipinski definition) is 1. The number of methoxy groups -OCH3 is 1. The van der Waals surface area contributed by atoms with Gasteiger partial charge in [0.05, 0.1) is 7.11 Å². The monoisotopic (exact) mass is 246 g/mol. The molecule has 3 unspecified atom stereocenters. The van der Waals surface area contributed by atoms with Crippen LogP contribution in [-0.2, 0) is 0 Å². The maximum atomic E-state index is 5.21. The highest BCUT2D eigenvalue weighted by atomic mass is 16.5. The van der Waals surface area contributed by atoms with Crippen LogP contribution < -0.4 is 10.1 Å². The average molecular weight is 246 g/mol. The van der Waals surface area contributed by atoms with Gasteiger partial charge in [-0.15, -0.1) is 0 Å². The quantitative estimate of drug-likeness (QED) is 0.881. The van der Waals surface area contributed by atoms with E-state index in [0.717, 1.165) is 17.6 Å². The Morgan fingerprint density at radius 1 is 1.17 bits per heavy atom. The Bertz CT molecular complexity index is 391. The molecule has 98 valence electrons. The Kier molecular flexibility index (Phi) is 3.27. The van der Waals surface area contributed by atoms with Gasteiger partial charge in [0.1, 0.15) is 5.75 Å². The van der Waals surface area contributed by atoms with Crippen molar-refractivity contribution in [1.82, 2.24) is 10.2 Å². The first kappa shape index (κ1) is 12.0. The van der Waals surface area contributed by atoms with E-state index in [-0.39, 0.29) is 0 Å². The second-order valence-corrected chi connectivity index (χ2v) is 5.58. The third-order valence-corrected chi connectivity index (χ3v) is 4.56. The van der Waals surface area contributed by atoms with Gasteiger partial charge in [-0.1, -0.05) is 12.1 Å². The summed E-state index contributed by atoms with van der Waals surface area (Å²) in [5.41, 5.74) is 1.39. The summed E-state index contributed by atoms with van der Waals surface area (Å²) in [6, 6.07) is 9.02. The van der Waals surface area contributed by atoms with E-state index < -0.39 is 0 Å². The van der Waals surface area contributed by atoms with Crippen molar-refractivity contribution in [3.8, 4) is 5.75 Å². The summed E-state index contributed by atoms with van der Waals surface area (Å²) in [5.74, 6) is 2.67. The highest BCUT2D eigenvalue weighted by Gasteiger charge is 2.37. The Labute approximate surface area is 109 Å². The van der Waals surface area contributed by atoms with Crippen LogP contribution in [0.3, 0.4) is 0 Å². The number of rotatable bonds is 3. The van der Waals surface area contributed by atoms with Crippen LogP contribution in [0.25, 0.3) is 0 Å². The lowest BCUT2D eigenvalue weighted by molar-refractivity contribution is 0.244. The molecule has 2 saturated heterocycles. The van der Waals surface area contributed by atoms with Gasteiger partial charge in [0, 0.05) is 19.1 Å². The number of nitrogens with zero attached hydrogens (tertiary/aromatic N) is 1. The maximum absolute atomic E-state index is 5.21. The highest BCUT2D eigenvalue weighted by molar-refractivity contribution is 5.29. The van der Waals surface area contributed by atoms with E-state index >= 15 is 0 Å². The molecule has 18 heavy (non-hydrogen) atoms. The van der Waals surface area contributed by atoms with E-state index in [1.54, 1.807) is 7.11 Å². The summed E-state index contributed by atoms with van der Waals surface area (Å²) in [7, 11) is 1.72. The van der Waals surface area contributed by atoms with Gasteiger partial charge < -0.3 is 10.1 Å². The highest BCUT2D eigenvalue weighted by Crippen LogP contribution is 2.33. The minimum Gasteiger partial charge on any atom is -0.497 e. The van der Waals surface area contributed by atoms with E-state index in [2.05, 4.69) is 41.4 Å². The molecular weight excluding hydrogens is 224 g/mol. The minimum absolute atomic E-state index is 0.515. The number of nitrogens with one attached hydrogen (secondary N) is 1. The van der Waals surface area contributed by atoms with Crippen LogP contribution in [0, 0.1) is 11.8 Å². The SMILES string of the molecule is COc1ccc(C(C)N2CC3CNCC3C2)cc1. The van der Waals surface area contributed by atoms with Gasteiger partial charge in [-0.05, 0) is 49.5 Å². The summed E-state index contributed by atoms with van der Waals surface area (Å²) in [5, 5.41) is 3.50. The van der Waals surface area contributed by atoms with Crippen molar-refractivity contribution < 1.29 is 4.74 Å². The fourth-order valence-corrected chi connectivity index (χ4v) is 3.30. The molecule has 1 N–H and O–H groups in total. The second kappa shape index (κ2) is 4.90. The zero-order valence-electron chi connectivity index (χ0n) is 11.2. The lowest BCUT2D eigenvalue weighted by Crippen LogP contribution is -2.28. The Morgan fingerprint density at radius 3 is 2.33 bits per heavy atom. The molecule has 0 bridgehead atoms. The first-order valence-electron chi connectivity index (χ1n) is 6.86. The molecule has 2 aliphatic rings. The number of fused-ring (bicyclic) bond motifs is 1. The van der Waals surface area contributed by atoms with Crippen molar-refractivity contribution in [2.24, 2.45) is 11.8 Å². The molecular formula is C15H22N2O. The molecule has 3 rings (SSSR count). The zero-order valence-corrected chi connectivity index (χ0v) is 11.2. The van der Waals surface area contributed by atoms with Crippen molar-refractivity contribution in [1.29, 1.82) is 0 Å². The third-order valence-electron chi connectivity index (χ3n) is 4.56. The van der Waals surface area contributed by atoms with Gasteiger partial charge in [-0.25, -0.2) is 0 Å². The van der Waals surface area contributed by atoms with Crippen LogP contribution in [0.15, 0.2) is 24.3 Å². The van der Waals surface area contributed by atoms with Gasteiger partial charge in [-0.3, -0.25) is 4.90 Å². The lowest BCUT2D eigenvalue weighted by Gasteiger charge is -2.25. The average Bonchev–Trinajstić information content (AvgIpc) is 2.99. The van der Waals surface area contributed by atoms with Crippen LogP contribution in [0.1, 0.15) is 18.5 Å². The molecule has 0 saturated carbocycles. The predicted octanol–water partition coefficient (Wildman–Crippen LogP) is 1.91. The van der Waals surface area contributed by atoms with Crippen molar-refractivity contribution in [3.63, 3.8) is 0 Å². The van der Waals surface area contributed by atoms with Crippen molar-refractivity contribution in [2.45, 2.75) is 13.0 Å². The summed E-state index contributed by atoms with van der Waals surface area (Å²) in [4.78, 5) is 2.62. The van der Waals surface area contributed by atoms with Crippen LogP contribution >= 0.6 is 0 Å². The third kappa shape index (κ3) is 2.13. The number of benzene rings is 1. The molecule has 3 heteroatoms. The number of ether oxygens (including phenoxy) is 1. The molecule has 3 atom stereocenters. The van der Waals surface area contributed by atoms with Crippen molar-refractivity contribution in [2.75, 3.05) is 33.3 Å². The van der Waals surface area contributed by atoms with Gasteiger partial charge in [-0.2, -0.15) is 0 Å². The Balaban J connectivity index is 1.68. The fourth-order valence-electron chi connectivity index (χ4n) is 3.30. The first-order chi connectivity index (χ1) is 8.78. The molecule has 0 aliphatic carbocycles. The van der Waals surface area contributed by atoms with Crippen LogP contribution in [0.5, 0.6) is 5.75 Å². The van der Waals surface area contributed by atoms with Gasteiger partial charge in [0.2, 0.25) is 0 Å². The standard InChI is InChI=1S/C15H22N2O/c1-11(12-3-5-15(18-2)6-4-12)17-9-13-7-16-8-14(13)10-17/h3-6,11,13-14,16H,7-10H2,1-2H3. The zero-order chi connectivity index (χ0) is 12.5. The summed E-state index contributed by atoms with van der Waals surface area (Å²) in [6.07, 6.45) is 0. The molecule has 1 aromatic rings. The predicted molar refractivity (Wildman–Crippen MR) is 72.8 cm³/mol. The van der Waals surface area contributed by atoms with E-state index in [4.69, 9.17) is 4.74 Å². The van der Waals surface area contributed by atoms with Crippen LogP contribution in [0.4, 0.5) is 0 Å². The van der Waals surface area contributed by atoms with Crippen LogP contribution in [0.2, 0.25) is 0 Å². The molecule has 2 aliphatic heterocycles. The maximum Gasteiger partial charge on any atom is 0.118 e. The lowest BCUT2D eigenvalue weighted by atomic mass is 10.0. The minimum atomic E-state index is 0.515. The van der Waals surface area contributed by atoms with Gasteiger partial charge in [0.25, 0.3) is 0 Å². The summed E-state index contributed by atoms with van der Waals surface area (Å²) >= 11 is 0. The first-order valence-corrected chi connectivity index (χ1v) is 6.86. The molecule has 0 amide bonds. The van der Waals surface area contributed by atoms with E-state index in [1.807, 2.05) is 0 Å². The molecule has 2 fully saturated rings. The van der Waals surface area contributed by atoms with E-state index in [1.165, 1.54) is 31.7 Å². The number of hydrogen-bond acceptors (Lipinski definition) is 3. The molecule has 0 spiro atoms. The van der Waals surface area contributed by atoms with Crippen molar-refractivity contribution in [3.05, 3.63) is 29.8 Å². The molecule has 0 radical (unpaired) electrons. The molecule has 1 aromatic carbocycles. The molecule has 0 aromatic heterocycles. The molecule has 3 nitrogen and oxygen atoms in total. The second-order valence-electron chi connectivity index (χ2n) is 5.58. The van der Waals surface area contributed by atoms with E-state index in [9.17, 15) is 0 Å².